The molecule has 3 aromatic carbocycles. The molecule has 0 unspecified atom stereocenters. The van der Waals surface area contributed by atoms with Crippen LogP contribution >= 0.6 is 15.9 Å². The fourth-order valence-electron chi connectivity index (χ4n) is 4.40. The number of rotatable bonds is 6. The Morgan fingerprint density at radius 1 is 1.02 bits per heavy atom. The summed E-state index contributed by atoms with van der Waals surface area (Å²) >= 11 is 3.46. The number of nitriles is 1. The van der Waals surface area contributed by atoms with Gasteiger partial charge in [0.1, 0.15) is 17.5 Å². The van der Waals surface area contributed by atoms with E-state index in [1.165, 1.54) is 18.1 Å². The van der Waals surface area contributed by atoms with Crippen molar-refractivity contribution in [3.05, 3.63) is 109 Å². The van der Waals surface area contributed by atoms with Crippen LogP contribution in [0.15, 0.2) is 62.9 Å². The molecule has 202 valence electrons. The number of benzene rings is 3. The van der Waals surface area contributed by atoms with Crippen LogP contribution < -0.4 is 16.0 Å². The molecule has 0 aliphatic rings. The zero-order valence-electron chi connectivity index (χ0n) is 21.0. The van der Waals surface area contributed by atoms with Crippen LogP contribution in [-0.4, -0.2) is 31.0 Å². The van der Waals surface area contributed by atoms with Crippen LogP contribution in [-0.2, 0) is 20.1 Å². The summed E-state index contributed by atoms with van der Waals surface area (Å²) in [6.07, 6.45) is 1.41. The van der Waals surface area contributed by atoms with Gasteiger partial charge >= 0.3 is 5.69 Å². The molecule has 0 bridgehead atoms. The van der Waals surface area contributed by atoms with Gasteiger partial charge in [0.05, 0.1) is 37.3 Å². The smallest absolute Gasteiger partial charge is 0.332 e. The second-order valence-corrected chi connectivity index (χ2v) is 9.70. The van der Waals surface area contributed by atoms with Crippen LogP contribution in [0, 0.1) is 28.8 Å². The highest BCUT2D eigenvalue weighted by Crippen LogP contribution is 2.35. The minimum absolute atomic E-state index is 0.0115. The summed E-state index contributed by atoms with van der Waals surface area (Å²) in [5.74, 6) is -4.19. The molecular formula is C27H18BrF3N6O3. The summed E-state index contributed by atoms with van der Waals surface area (Å²) in [5, 5.41) is 13.5. The highest BCUT2D eigenvalue weighted by atomic mass is 79.9. The van der Waals surface area contributed by atoms with Gasteiger partial charge in [-0.3, -0.25) is 18.6 Å². The maximum absolute atomic E-state index is 14.1. The molecule has 0 aliphatic heterocycles. The van der Waals surface area contributed by atoms with Crippen LogP contribution in [0.4, 0.5) is 13.2 Å². The summed E-state index contributed by atoms with van der Waals surface area (Å²) in [7, 11) is 2.98. The predicted molar refractivity (Wildman–Crippen MR) is 142 cm³/mol. The van der Waals surface area contributed by atoms with E-state index in [0.717, 1.165) is 21.3 Å². The molecule has 0 saturated heterocycles. The number of ether oxygens (including phenoxy) is 1. The second kappa shape index (κ2) is 10.5. The molecule has 0 N–H and O–H groups in total. The van der Waals surface area contributed by atoms with Crippen molar-refractivity contribution in [2.24, 2.45) is 7.05 Å². The van der Waals surface area contributed by atoms with E-state index in [2.05, 4.69) is 32.1 Å². The Morgan fingerprint density at radius 3 is 2.38 bits per heavy atom. The number of hydrogen-bond donors (Lipinski definition) is 0. The van der Waals surface area contributed by atoms with Gasteiger partial charge in [0, 0.05) is 11.5 Å². The molecule has 0 spiro atoms. The van der Waals surface area contributed by atoms with Crippen molar-refractivity contribution < 1.29 is 17.9 Å². The molecule has 0 aliphatic carbocycles. The van der Waals surface area contributed by atoms with Crippen molar-refractivity contribution in [1.82, 2.24) is 23.9 Å². The van der Waals surface area contributed by atoms with Gasteiger partial charge in [-0.2, -0.15) is 10.4 Å². The van der Waals surface area contributed by atoms with Crippen LogP contribution in [0.1, 0.15) is 17.0 Å². The standard InChI is InChI=1S/C27H18BrF3N6O3/c1-35-13-33-23(34-35)12-37-26(38)24-21(36(27(37)39)11-15-6-19(29)25(31)20(30)7-15)8-16(9-22(24)40-2)17-5-14(10-32)3-4-18(17)28/h3-9,13H,11-12H2,1-2H3. The van der Waals surface area contributed by atoms with E-state index >= 15 is 0 Å². The van der Waals surface area contributed by atoms with Crippen molar-refractivity contribution in [3.63, 3.8) is 0 Å². The maximum Gasteiger partial charge on any atom is 0.332 e. The fourth-order valence-corrected chi connectivity index (χ4v) is 4.88. The molecule has 0 radical (unpaired) electrons. The van der Waals surface area contributed by atoms with E-state index in [0.29, 0.717) is 21.2 Å². The Hall–Kier alpha value is -4.70. The molecule has 0 atom stereocenters. The van der Waals surface area contributed by atoms with Gasteiger partial charge in [-0.25, -0.2) is 22.9 Å². The zero-order chi connectivity index (χ0) is 28.7. The number of fused-ring (bicyclic) bond motifs is 1. The van der Waals surface area contributed by atoms with Gasteiger partial charge in [-0.15, -0.1) is 0 Å². The van der Waals surface area contributed by atoms with Gasteiger partial charge in [-0.05, 0) is 59.2 Å². The van der Waals surface area contributed by atoms with E-state index in [1.54, 1.807) is 37.4 Å². The number of hydrogen-bond acceptors (Lipinski definition) is 6. The summed E-state index contributed by atoms with van der Waals surface area (Å²) < 4.78 is 51.4. The van der Waals surface area contributed by atoms with Crippen molar-refractivity contribution >= 4 is 26.8 Å². The third kappa shape index (κ3) is 4.77. The number of nitrogens with zero attached hydrogens (tertiary/aromatic N) is 6. The van der Waals surface area contributed by atoms with Crippen molar-refractivity contribution in [1.29, 1.82) is 5.26 Å². The van der Waals surface area contributed by atoms with Crippen LogP contribution in [0.25, 0.3) is 22.0 Å². The summed E-state index contributed by atoms with van der Waals surface area (Å²) in [6.45, 7) is -0.702. The first-order valence-electron chi connectivity index (χ1n) is 11.6. The second-order valence-electron chi connectivity index (χ2n) is 8.85. The van der Waals surface area contributed by atoms with Crippen molar-refractivity contribution in [2.45, 2.75) is 13.1 Å². The molecule has 9 nitrogen and oxygen atoms in total. The summed E-state index contributed by atoms with van der Waals surface area (Å²) in [5.41, 5.74) is -0.0646. The molecule has 13 heteroatoms. The lowest BCUT2D eigenvalue weighted by molar-refractivity contribution is 0.418. The average molecular weight is 611 g/mol. The fraction of sp³-hybridized carbons (Fsp3) is 0.148. The first-order valence-corrected chi connectivity index (χ1v) is 12.4. The minimum Gasteiger partial charge on any atom is -0.496 e. The van der Waals surface area contributed by atoms with Crippen LogP contribution in [0.2, 0.25) is 0 Å². The molecule has 0 saturated carbocycles. The largest absolute Gasteiger partial charge is 0.496 e. The molecule has 2 aromatic heterocycles. The van der Waals surface area contributed by atoms with Crippen molar-refractivity contribution in [2.75, 3.05) is 7.11 Å². The van der Waals surface area contributed by atoms with Gasteiger partial charge in [0.15, 0.2) is 23.3 Å². The molecule has 40 heavy (non-hydrogen) atoms. The maximum atomic E-state index is 14.1. The lowest BCUT2D eigenvalue weighted by Crippen LogP contribution is -2.41. The average Bonchev–Trinajstić information content (AvgIpc) is 3.35. The van der Waals surface area contributed by atoms with Gasteiger partial charge in [0.2, 0.25) is 0 Å². The van der Waals surface area contributed by atoms with E-state index in [4.69, 9.17) is 4.74 Å². The summed E-state index contributed by atoms with van der Waals surface area (Å²) in [4.78, 5) is 31.6. The highest BCUT2D eigenvalue weighted by molar-refractivity contribution is 9.10. The third-order valence-electron chi connectivity index (χ3n) is 6.25. The first kappa shape index (κ1) is 26.9. The Labute approximate surface area is 232 Å². The Morgan fingerprint density at radius 2 is 1.75 bits per heavy atom. The first-order chi connectivity index (χ1) is 19.1. The Bertz CT molecular complexity index is 1950. The number of methoxy groups -OCH3 is 1. The van der Waals surface area contributed by atoms with Crippen molar-refractivity contribution in [3.8, 4) is 22.9 Å². The van der Waals surface area contributed by atoms with Gasteiger partial charge < -0.3 is 4.74 Å². The number of aromatic nitrogens is 5. The van der Waals surface area contributed by atoms with E-state index in [1.807, 2.05) is 0 Å². The van der Waals surface area contributed by atoms with Gasteiger partial charge in [0.25, 0.3) is 5.56 Å². The normalized spacial score (nSPS) is 11.1. The Balaban J connectivity index is 1.84. The number of halogens is 4. The Kier molecular flexibility index (Phi) is 7.03. The topological polar surface area (TPSA) is 108 Å². The van der Waals surface area contributed by atoms with E-state index in [9.17, 15) is 28.0 Å². The molecule has 2 heterocycles. The molecule has 0 fully saturated rings. The molecular weight excluding hydrogens is 593 g/mol. The number of aryl methyl sites for hydroxylation is 1. The van der Waals surface area contributed by atoms with E-state index < -0.39 is 35.2 Å². The zero-order valence-corrected chi connectivity index (χ0v) is 22.5. The predicted octanol–water partition coefficient (Wildman–Crippen LogP) is 4.12. The lowest BCUT2D eigenvalue weighted by Gasteiger charge is -2.17. The lowest BCUT2D eigenvalue weighted by atomic mass is 10.0. The minimum atomic E-state index is -1.64. The van der Waals surface area contributed by atoms with Crippen LogP contribution in [0.5, 0.6) is 5.75 Å². The molecule has 5 aromatic rings. The third-order valence-corrected chi connectivity index (χ3v) is 6.94. The van der Waals surface area contributed by atoms with Crippen LogP contribution in [0.3, 0.4) is 0 Å². The summed E-state index contributed by atoms with van der Waals surface area (Å²) in [6, 6.07) is 11.7. The van der Waals surface area contributed by atoms with E-state index in [-0.39, 0.29) is 34.6 Å². The van der Waals surface area contributed by atoms with Gasteiger partial charge in [-0.1, -0.05) is 15.9 Å². The molecule has 0 amide bonds. The highest BCUT2D eigenvalue weighted by Gasteiger charge is 2.21. The molecule has 5 rings (SSSR count). The SMILES string of the molecule is COc1cc(-c2cc(C#N)ccc2Br)cc2c1c(=O)n(Cc1ncn(C)n1)c(=O)n2Cc1cc(F)c(F)c(F)c1. The quantitative estimate of drug-likeness (QED) is 0.268. The monoisotopic (exact) mass is 610 g/mol.